The van der Waals surface area contributed by atoms with Gasteiger partial charge in [-0.05, 0) is 23.8 Å². The number of rotatable bonds is 4. The van der Waals surface area contributed by atoms with Crippen LogP contribution in [0.15, 0.2) is 42.7 Å². The van der Waals surface area contributed by atoms with Crippen molar-refractivity contribution in [2.45, 2.75) is 6.54 Å². The SMILES string of the molecule is COc1ccc(F)cc1NCc1cccnc1. The van der Waals surface area contributed by atoms with Gasteiger partial charge in [0.05, 0.1) is 12.8 Å². The zero-order valence-corrected chi connectivity index (χ0v) is 9.48. The Balaban J connectivity index is 2.11. The third-order valence-electron chi connectivity index (χ3n) is 2.37. The monoisotopic (exact) mass is 232 g/mol. The molecule has 0 amide bonds. The first-order valence-electron chi connectivity index (χ1n) is 5.26. The summed E-state index contributed by atoms with van der Waals surface area (Å²) >= 11 is 0. The summed E-state index contributed by atoms with van der Waals surface area (Å²) in [6, 6.07) is 8.19. The van der Waals surface area contributed by atoms with Gasteiger partial charge in [-0.2, -0.15) is 0 Å². The van der Waals surface area contributed by atoms with Crippen molar-refractivity contribution in [1.82, 2.24) is 4.98 Å². The van der Waals surface area contributed by atoms with Crippen LogP contribution < -0.4 is 10.1 Å². The van der Waals surface area contributed by atoms with Crippen LogP contribution in [0.25, 0.3) is 0 Å². The van der Waals surface area contributed by atoms with Gasteiger partial charge in [-0.3, -0.25) is 4.98 Å². The van der Waals surface area contributed by atoms with Gasteiger partial charge in [0.25, 0.3) is 0 Å². The number of hydrogen-bond donors (Lipinski definition) is 1. The molecule has 1 aromatic carbocycles. The smallest absolute Gasteiger partial charge is 0.142 e. The molecule has 0 aliphatic heterocycles. The summed E-state index contributed by atoms with van der Waals surface area (Å²) < 4.78 is 18.2. The lowest BCUT2D eigenvalue weighted by Gasteiger charge is -2.10. The molecule has 2 rings (SSSR count). The Morgan fingerprint density at radius 1 is 1.35 bits per heavy atom. The molecule has 0 saturated carbocycles. The maximum absolute atomic E-state index is 13.1. The molecule has 88 valence electrons. The Hall–Kier alpha value is -2.10. The first kappa shape index (κ1) is 11.4. The van der Waals surface area contributed by atoms with Crippen LogP contribution in [0.2, 0.25) is 0 Å². The van der Waals surface area contributed by atoms with Crippen LogP contribution in [-0.4, -0.2) is 12.1 Å². The van der Waals surface area contributed by atoms with Crippen LogP contribution in [0, 0.1) is 5.82 Å². The van der Waals surface area contributed by atoms with E-state index in [4.69, 9.17) is 4.74 Å². The Morgan fingerprint density at radius 3 is 2.94 bits per heavy atom. The minimum Gasteiger partial charge on any atom is -0.495 e. The maximum atomic E-state index is 13.1. The summed E-state index contributed by atoms with van der Waals surface area (Å²) in [6.45, 7) is 0.577. The van der Waals surface area contributed by atoms with E-state index < -0.39 is 0 Å². The summed E-state index contributed by atoms with van der Waals surface area (Å²) in [4.78, 5) is 4.01. The second-order valence-corrected chi connectivity index (χ2v) is 3.56. The fourth-order valence-electron chi connectivity index (χ4n) is 1.52. The van der Waals surface area contributed by atoms with Gasteiger partial charge in [0.2, 0.25) is 0 Å². The van der Waals surface area contributed by atoms with Gasteiger partial charge in [-0.15, -0.1) is 0 Å². The summed E-state index contributed by atoms with van der Waals surface area (Å²) in [5, 5.41) is 3.12. The molecule has 0 bridgehead atoms. The molecule has 0 aliphatic rings. The number of pyridine rings is 1. The predicted octanol–water partition coefficient (Wildman–Crippen LogP) is 2.84. The number of methoxy groups -OCH3 is 1. The molecule has 0 aliphatic carbocycles. The van der Waals surface area contributed by atoms with Crippen LogP contribution in [0.1, 0.15) is 5.56 Å². The fraction of sp³-hybridized carbons (Fsp3) is 0.154. The molecule has 3 nitrogen and oxygen atoms in total. The average molecular weight is 232 g/mol. The lowest BCUT2D eigenvalue weighted by Crippen LogP contribution is -2.02. The number of ether oxygens (including phenoxy) is 1. The highest BCUT2D eigenvalue weighted by atomic mass is 19.1. The van der Waals surface area contributed by atoms with Crippen molar-refractivity contribution in [2.75, 3.05) is 12.4 Å². The quantitative estimate of drug-likeness (QED) is 0.880. The molecule has 0 atom stereocenters. The van der Waals surface area contributed by atoms with Crippen LogP contribution in [0.3, 0.4) is 0 Å². The molecule has 1 aromatic heterocycles. The zero-order valence-electron chi connectivity index (χ0n) is 9.48. The Kier molecular flexibility index (Phi) is 3.55. The number of nitrogens with one attached hydrogen (secondary N) is 1. The van der Waals surface area contributed by atoms with Gasteiger partial charge in [0.15, 0.2) is 0 Å². The van der Waals surface area contributed by atoms with Gasteiger partial charge in [-0.25, -0.2) is 4.39 Å². The highest BCUT2D eigenvalue weighted by Gasteiger charge is 2.03. The minimum atomic E-state index is -0.292. The van der Waals surface area contributed by atoms with E-state index in [9.17, 15) is 4.39 Å². The van der Waals surface area contributed by atoms with Crippen LogP contribution in [-0.2, 0) is 6.54 Å². The predicted molar refractivity (Wildman–Crippen MR) is 64.5 cm³/mol. The van der Waals surface area contributed by atoms with Crippen molar-refractivity contribution in [1.29, 1.82) is 0 Å². The molecule has 0 spiro atoms. The third kappa shape index (κ3) is 2.93. The largest absolute Gasteiger partial charge is 0.495 e. The van der Waals surface area contributed by atoms with Crippen molar-refractivity contribution >= 4 is 5.69 Å². The molecule has 17 heavy (non-hydrogen) atoms. The van der Waals surface area contributed by atoms with Crippen LogP contribution in [0.5, 0.6) is 5.75 Å². The average Bonchev–Trinajstić information content (AvgIpc) is 2.38. The first-order chi connectivity index (χ1) is 8.29. The lowest BCUT2D eigenvalue weighted by atomic mass is 10.2. The van der Waals surface area contributed by atoms with Crippen LogP contribution in [0.4, 0.5) is 10.1 Å². The third-order valence-corrected chi connectivity index (χ3v) is 2.37. The topological polar surface area (TPSA) is 34.1 Å². The molecule has 1 heterocycles. The summed E-state index contributed by atoms with van der Waals surface area (Å²) in [5.41, 5.74) is 1.66. The molecule has 2 aromatic rings. The number of benzene rings is 1. The molecule has 0 fully saturated rings. The molecule has 1 N–H and O–H groups in total. The van der Waals surface area contributed by atoms with E-state index in [1.165, 1.54) is 12.1 Å². The standard InChI is InChI=1S/C13H13FN2O/c1-17-13-5-4-11(14)7-12(13)16-9-10-3-2-6-15-8-10/h2-8,16H,9H2,1H3. The molecule has 0 saturated heterocycles. The van der Waals surface area contributed by atoms with Gasteiger partial charge in [0, 0.05) is 25.0 Å². The maximum Gasteiger partial charge on any atom is 0.142 e. The van der Waals surface area contributed by atoms with E-state index >= 15 is 0 Å². The zero-order chi connectivity index (χ0) is 12.1. The number of aromatic nitrogens is 1. The van der Waals surface area contributed by atoms with Gasteiger partial charge >= 0.3 is 0 Å². The number of hydrogen-bond acceptors (Lipinski definition) is 3. The Bertz CT molecular complexity index is 488. The van der Waals surface area contributed by atoms with E-state index in [0.29, 0.717) is 18.0 Å². The molecular formula is C13H13FN2O. The summed E-state index contributed by atoms with van der Waals surface area (Å²) in [7, 11) is 1.56. The first-order valence-corrected chi connectivity index (χ1v) is 5.26. The highest BCUT2D eigenvalue weighted by molar-refractivity contribution is 5.56. The summed E-state index contributed by atoms with van der Waals surface area (Å²) in [5.74, 6) is 0.328. The van der Waals surface area contributed by atoms with Gasteiger partial charge in [-0.1, -0.05) is 6.07 Å². The van der Waals surface area contributed by atoms with Crippen LogP contribution >= 0.6 is 0 Å². The second-order valence-electron chi connectivity index (χ2n) is 3.56. The van der Waals surface area contributed by atoms with E-state index in [1.54, 1.807) is 25.6 Å². The van der Waals surface area contributed by atoms with E-state index in [0.717, 1.165) is 5.56 Å². The number of nitrogens with zero attached hydrogens (tertiary/aromatic N) is 1. The Labute approximate surface area is 99.3 Å². The number of anilines is 1. The van der Waals surface area contributed by atoms with Gasteiger partial charge < -0.3 is 10.1 Å². The van der Waals surface area contributed by atoms with E-state index in [2.05, 4.69) is 10.3 Å². The van der Waals surface area contributed by atoms with Crippen molar-refractivity contribution in [3.8, 4) is 5.75 Å². The number of halogens is 1. The van der Waals surface area contributed by atoms with Gasteiger partial charge in [0.1, 0.15) is 11.6 Å². The van der Waals surface area contributed by atoms with E-state index in [-0.39, 0.29) is 5.82 Å². The van der Waals surface area contributed by atoms with E-state index in [1.807, 2.05) is 12.1 Å². The van der Waals surface area contributed by atoms with Crippen molar-refractivity contribution in [2.24, 2.45) is 0 Å². The minimum absolute atomic E-state index is 0.292. The Morgan fingerprint density at radius 2 is 2.24 bits per heavy atom. The fourth-order valence-corrected chi connectivity index (χ4v) is 1.52. The molecule has 0 unspecified atom stereocenters. The molecule has 0 radical (unpaired) electrons. The second kappa shape index (κ2) is 5.30. The van der Waals surface area contributed by atoms with Crippen molar-refractivity contribution < 1.29 is 9.13 Å². The van der Waals surface area contributed by atoms with Crippen molar-refractivity contribution in [3.63, 3.8) is 0 Å². The molecular weight excluding hydrogens is 219 g/mol. The van der Waals surface area contributed by atoms with Crippen molar-refractivity contribution in [3.05, 3.63) is 54.1 Å². The normalized spacial score (nSPS) is 10.0. The lowest BCUT2D eigenvalue weighted by molar-refractivity contribution is 0.415. The molecule has 4 heteroatoms. The highest BCUT2D eigenvalue weighted by Crippen LogP contribution is 2.25. The summed E-state index contributed by atoms with van der Waals surface area (Å²) in [6.07, 6.45) is 3.48.